The first-order chi connectivity index (χ1) is 14.7. The van der Waals surface area contributed by atoms with Crippen LogP contribution in [0.15, 0.2) is 36.4 Å². The molecule has 1 aliphatic rings. The van der Waals surface area contributed by atoms with Crippen LogP contribution in [0.2, 0.25) is 0 Å². The summed E-state index contributed by atoms with van der Waals surface area (Å²) in [5, 5.41) is 2.75. The Morgan fingerprint density at radius 2 is 1.74 bits per heavy atom. The fraction of sp³-hybridized carbons (Fsp3) is 0.333. The summed E-state index contributed by atoms with van der Waals surface area (Å²) in [5.74, 6) is -2.04. The van der Waals surface area contributed by atoms with Crippen LogP contribution >= 0.6 is 0 Å². The second-order valence-corrected chi connectivity index (χ2v) is 7.83. The fourth-order valence-electron chi connectivity index (χ4n) is 3.58. The topological polar surface area (TPSA) is 92.8 Å². The zero-order valence-corrected chi connectivity index (χ0v) is 18.2. The minimum Gasteiger partial charge on any atom is -0.452 e. The molecule has 7 heteroatoms. The molecule has 1 heterocycles. The molecule has 2 aromatic carbocycles. The van der Waals surface area contributed by atoms with E-state index in [1.165, 1.54) is 18.2 Å². The molecular weight excluding hydrogens is 396 g/mol. The van der Waals surface area contributed by atoms with Gasteiger partial charge in [-0.15, -0.1) is 0 Å². The standard InChI is InChI=1S/C24H26N2O5/c1-5-6-16(4)25-21(27)13-31-24(30)17-9-10-18-19(12-17)23(29)26(22(18)28)20-11-14(2)7-8-15(20)3/h7-12,16H,5-6,13H2,1-4H3,(H,25,27). The Labute approximate surface area is 181 Å². The zero-order chi connectivity index (χ0) is 22.7. The van der Waals surface area contributed by atoms with Gasteiger partial charge in [-0.1, -0.05) is 25.5 Å². The van der Waals surface area contributed by atoms with Crippen molar-refractivity contribution >= 4 is 29.4 Å². The lowest BCUT2D eigenvalue weighted by atomic mass is 10.1. The Kier molecular flexibility index (Phi) is 6.53. The lowest BCUT2D eigenvalue weighted by molar-refractivity contribution is -0.124. The van der Waals surface area contributed by atoms with Crippen LogP contribution in [0.1, 0.15) is 68.9 Å². The SMILES string of the molecule is CCCC(C)NC(=O)COC(=O)c1ccc2c(c1)C(=O)N(c1cc(C)ccc1C)C2=O. The molecule has 0 aliphatic carbocycles. The number of fused-ring (bicyclic) bond motifs is 1. The van der Waals surface area contributed by atoms with E-state index in [4.69, 9.17) is 4.74 Å². The molecule has 0 bridgehead atoms. The maximum absolute atomic E-state index is 13.0. The molecule has 1 N–H and O–H groups in total. The molecule has 0 aromatic heterocycles. The monoisotopic (exact) mass is 422 g/mol. The van der Waals surface area contributed by atoms with Crippen LogP contribution in [0.4, 0.5) is 5.69 Å². The van der Waals surface area contributed by atoms with Gasteiger partial charge in [0.05, 0.1) is 22.4 Å². The quantitative estimate of drug-likeness (QED) is 0.544. The molecule has 3 amide bonds. The summed E-state index contributed by atoms with van der Waals surface area (Å²) in [4.78, 5) is 51.3. The van der Waals surface area contributed by atoms with Crippen molar-refractivity contribution in [2.75, 3.05) is 11.5 Å². The first-order valence-electron chi connectivity index (χ1n) is 10.3. The molecular formula is C24H26N2O5. The number of nitrogens with zero attached hydrogens (tertiary/aromatic N) is 1. The highest BCUT2D eigenvalue weighted by atomic mass is 16.5. The Hall–Kier alpha value is -3.48. The normalized spacial score (nSPS) is 13.7. The number of hydrogen-bond donors (Lipinski definition) is 1. The summed E-state index contributed by atoms with van der Waals surface area (Å²) in [5.41, 5.74) is 2.72. The number of ether oxygens (including phenoxy) is 1. The van der Waals surface area contributed by atoms with Gasteiger partial charge in [0.2, 0.25) is 0 Å². The number of amides is 3. The van der Waals surface area contributed by atoms with E-state index in [9.17, 15) is 19.2 Å². The number of esters is 1. The largest absolute Gasteiger partial charge is 0.452 e. The van der Waals surface area contributed by atoms with Crippen LogP contribution in [0, 0.1) is 13.8 Å². The predicted molar refractivity (Wildman–Crippen MR) is 116 cm³/mol. The molecule has 1 atom stereocenters. The fourth-order valence-corrected chi connectivity index (χ4v) is 3.58. The third-order valence-electron chi connectivity index (χ3n) is 5.19. The van der Waals surface area contributed by atoms with Crippen LogP contribution in [-0.4, -0.2) is 36.3 Å². The van der Waals surface area contributed by atoms with Gasteiger partial charge in [-0.2, -0.15) is 0 Å². The average Bonchev–Trinajstić information content (AvgIpc) is 2.98. The third kappa shape index (κ3) is 4.66. The minimum absolute atomic E-state index is 0.00380. The highest BCUT2D eigenvalue weighted by Crippen LogP contribution is 2.31. The maximum Gasteiger partial charge on any atom is 0.338 e. The van der Waals surface area contributed by atoms with Crippen molar-refractivity contribution in [3.05, 3.63) is 64.2 Å². The molecule has 0 saturated heterocycles. The number of rotatable bonds is 7. The van der Waals surface area contributed by atoms with Gasteiger partial charge >= 0.3 is 5.97 Å². The lowest BCUT2D eigenvalue weighted by Gasteiger charge is -2.17. The Morgan fingerprint density at radius 1 is 1.03 bits per heavy atom. The van der Waals surface area contributed by atoms with Crippen molar-refractivity contribution in [1.29, 1.82) is 0 Å². The van der Waals surface area contributed by atoms with Crippen molar-refractivity contribution in [1.82, 2.24) is 5.32 Å². The Balaban J connectivity index is 1.75. The number of imide groups is 1. The molecule has 0 fully saturated rings. The predicted octanol–water partition coefficient (Wildman–Crippen LogP) is 3.57. The smallest absolute Gasteiger partial charge is 0.338 e. The van der Waals surface area contributed by atoms with E-state index in [2.05, 4.69) is 5.32 Å². The van der Waals surface area contributed by atoms with Gasteiger partial charge in [0.15, 0.2) is 6.61 Å². The number of nitrogens with one attached hydrogen (secondary N) is 1. The molecule has 2 aromatic rings. The van der Waals surface area contributed by atoms with Crippen LogP contribution in [0.5, 0.6) is 0 Å². The van der Waals surface area contributed by atoms with E-state index < -0.39 is 24.4 Å². The number of carbonyl (C=O) groups excluding carboxylic acids is 4. The molecule has 0 saturated carbocycles. The highest BCUT2D eigenvalue weighted by Gasteiger charge is 2.38. The minimum atomic E-state index is -0.730. The van der Waals surface area contributed by atoms with E-state index in [1.54, 1.807) is 6.07 Å². The van der Waals surface area contributed by atoms with Crippen LogP contribution in [0.25, 0.3) is 0 Å². The number of anilines is 1. The van der Waals surface area contributed by atoms with Crippen LogP contribution < -0.4 is 10.2 Å². The van der Waals surface area contributed by atoms with Crippen LogP contribution in [0.3, 0.4) is 0 Å². The number of benzene rings is 2. The van der Waals surface area contributed by atoms with Gasteiger partial charge in [0.1, 0.15) is 0 Å². The molecule has 0 radical (unpaired) electrons. The Bertz CT molecular complexity index is 1060. The molecule has 1 aliphatic heterocycles. The number of hydrogen-bond acceptors (Lipinski definition) is 5. The summed E-state index contributed by atoms with van der Waals surface area (Å²) in [6.45, 7) is 7.20. The first-order valence-corrected chi connectivity index (χ1v) is 10.3. The summed E-state index contributed by atoms with van der Waals surface area (Å²) in [6, 6.07) is 9.76. The van der Waals surface area contributed by atoms with Crippen LogP contribution in [-0.2, 0) is 9.53 Å². The van der Waals surface area contributed by atoms with Crippen molar-refractivity contribution in [3.63, 3.8) is 0 Å². The summed E-state index contributed by atoms with van der Waals surface area (Å²) < 4.78 is 5.08. The molecule has 162 valence electrons. The van der Waals surface area contributed by atoms with Crippen molar-refractivity contribution in [2.45, 2.75) is 46.6 Å². The second-order valence-electron chi connectivity index (χ2n) is 7.83. The molecule has 3 rings (SSSR count). The lowest BCUT2D eigenvalue weighted by Crippen LogP contribution is -2.35. The summed E-state index contributed by atoms with van der Waals surface area (Å²) in [7, 11) is 0. The Morgan fingerprint density at radius 3 is 2.45 bits per heavy atom. The van der Waals surface area contributed by atoms with E-state index in [1.807, 2.05) is 39.8 Å². The van der Waals surface area contributed by atoms with E-state index >= 15 is 0 Å². The van der Waals surface area contributed by atoms with Gasteiger partial charge < -0.3 is 10.1 Å². The molecule has 0 spiro atoms. The van der Waals surface area contributed by atoms with E-state index in [-0.39, 0.29) is 28.6 Å². The number of carbonyl (C=O) groups is 4. The molecule has 31 heavy (non-hydrogen) atoms. The summed E-state index contributed by atoms with van der Waals surface area (Å²) >= 11 is 0. The summed E-state index contributed by atoms with van der Waals surface area (Å²) in [6.07, 6.45) is 1.76. The van der Waals surface area contributed by atoms with Crippen molar-refractivity contribution in [3.8, 4) is 0 Å². The zero-order valence-electron chi connectivity index (χ0n) is 18.2. The van der Waals surface area contributed by atoms with Gasteiger partial charge in [-0.05, 0) is 62.6 Å². The van der Waals surface area contributed by atoms with Gasteiger partial charge in [-0.3, -0.25) is 14.4 Å². The highest BCUT2D eigenvalue weighted by molar-refractivity contribution is 6.35. The van der Waals surface area contributed by atoms with E-state index in [0.29, 0.717) is 5.69 Å². The first kappa shape index (κ1) is 22.2. The van der Waals surface area contributed by atoms with Gasteiger partial charge in [0, 0.05) is 6.04 Å². The van der Waals surface area contributed by atoms with Crippen molar-refractivity contribution in [2.24, 2.45) is 0 Å². The van der Waals surface area contributed by atoms with Gasteiger partial charge in [0.25, 0.3) is 17.7 Å². The molecule has 1 unspecified atom stereocenters. The van der Waals surface area contributed by atoms with Gasteiger partial charge in [-0.25, -0.2) is 9.69 Å². The maximum atomic E-state index is 13.0. The third-order valence-corrected chi connectivity index (χ3v) is 5.19. The van der Waals surface area contributed by atoms with Crippen molar-refractivity contribution < 1.29 is 23.9 Å². The average molecular weight is 422 g/mol. The van der Waals surface area contributed by atoms with E-state index in [0.717, 1.165) is 28.9 Å². The molecule has 7 nitrogen and oxygen atoms in total. The second kappa shape index (κ2) is 9.12. The number of aryl methyl sites for hydroxylation is 2.